The number of nitrogens with zero attached hydrogens (tertiary/aromatic N) is 1. The molecule has 2 N–H and O–H groups in total. The van der Waals surface area contributed by atoms with Crippen LogP contribution in [0.1, 0.15) is 21.9 Å². The van der Waals surface area contributed by atoms with Crippen LogP contribution in [-0.2, 0) is 6.54 Å². The lowest BCUT2D eigenvalue weighted by Crippen LogP contribution is -2.22. The Bertz CT molecular complexity index is 1130. The number of H-pyrrole nitrogens is 1. The summed E-state index contributed by atoms with van der Waals surface area (Å²) >= 11 is 0. The molecule has 29 heavy (non-hydrogen) atoms. The number of nitrogens with one attached hydrogen (secondary N) is 2. The van der Waals surface area contributed by atoms with Crippen LogP contribution in [0.4, 0.5) is 0 Å². The Morgan fingerprint density at radius 3 is 2.62 bits per heavy atom. The maximum Gasteiger partial charge on any atom is 0.251 e. The molecule has 2 heterocycles. The fourth-order valence-corrected chi connectivity index (χ4v) is 3.05. The van der Waals surface area contributed by atoms with Gasteiger partial charge in [-0.15, -0.1) is 0 Å². The van der Waals surface area contributed by atoms with E-state index in [0.29, 0.717) is 12.1 Å². The van der Waals surface area contributed by atoms with Gasteiger partial charge >= 0.3 is 0 Å². The van der Waals surface area contributed by atoms with Gasteiger partial charge in [0.2, 0.25) is 0 Å². The molecule has 0 aliphatic rings. The second-order valence-electron chi connectivity index (χ2n) is 6.67. The van der Waals surface area contributed by atoms with Gasteiger partial charge in [-0.1, -0.05) is 24.3 Å². The molecular weight excluding hydrogens is 366 g/mol. The summed E-state index contributed by atoms with van der Waals surface area (Å²) in [6, 6.07) is 20.8. The predicted octanol–water partition coefficient (Wildman–Crippen LogP) is 4.58. The van der Waals surface area contributed by atoms with Crippen LogP contribution in [0.15, 0.2) is 71.1 Å². The second kappa shape index (κ2) is 8.06. The zero-order valence-electron chi connectivity index (χ0n) is 16.2. The third-order valence-electron chi connectivity index (χ3n) is 4.62. The van der Waals surface area contributed by atoms with Crippen LogP contribution in [0.25, 0.3) is 22.5 Å². The number of aromatic nitrogens is 2. The van der Waals surface area contributed by atoms with Gasteiger partial charge in [0.25, 0.3) is 5.91 Å². The van der Waals surface area contributed by atoms with E-state index in [9.17, 15) is 4.79 Å². The maximum absolute atomic E-state index is 12.3. The molecule has 146 valence electrons. The molecule has 2 aromatic heterocycles. The minimum absolute atomic E-state index is 0.146. The summed E-state index contributed by atoms with van der Waals surface area (Å²) in [5.41, 5.74) is 4.21. The topological polar surface area (TPSA) is 80.1 Å². The van der Waals surface area contributed by atoms with Gasteiger partial charge in [0.1, 0.15) is 17.3 Å². The number of benzene rings is 2. The van der Waals surface area contributed by atoms with Crippen molar-refractivity contribution in [2.24, 2.45) is 0 Å². The molecule has 2 aromatic carbocycles. The van der Waals surface area contributed by atoms with Gasteiger partial charge in [-0.25, -0.2) is 0 Å². The Labute approximate surface area is 168 Å². The standard InChI is InChI=1S/C23H21N3O3/c1-15-6-11-20(29-15)14-24-23(27)17-9-7-16(8-10-17)21-13-22(26-25-21)18-4-3-5-19(12-18)28-2/h3-13H,14H2,1-2H3,(H,24,27)(H,25,26). The van der Waals surface area contributed by atoms with Gasteiger partial charge in [-0.05, 0) is 55.0 Å². The van der Waals surface area contributed by atoms with Crippen molar-refractivity contribution in [1.82, 2.24) is 15.5 Å². The van der Waals surface area contributed by atoms with E-state index >= 15 is 0 Å². The Morgan fingerprint density at radius 2 is 1.90 bits per heavy atom. The summed E-state index contributed by atoms with van der Waals surface area (Å²) in [6.07, 6.45) is 0. The van der Waals surface area contributed by atoms with Gasteiger partial charge in [0.05, 0.1) is 25.0 Å². The fourth-order valence-electron chi connectivity index (χ4n) is 3.05. The van der Waals surface area contributed by atoms with Crippen molar-refractivity contribution in [3.63, 3.8) is 0 Å². The van der Waals surface area contributed by atoms with Crippen LogP contribution < -0.4 is 10.1 Å². The number of carbonyl (C=O) groups is 1. The summed E-state index contributed by atoms with van der Waals surface area (Å²) in [7, 11) is 1.64. The molecular formula is C23H21N3O3. The average Bonchev–Trinajstić information content (AvgIpc) is 3.41. The molecule has 0 spiro atoms. The van der Waals surface area contributed by atoms with Crippen molar-refractivity contribution in [2.45, 2.75) is 13.5 Å². The van der Waals surface area contributed by atoms with Gasteiger partial charge < -0.3 is 14.5 Å². The first kappa shape index (κ1) is 18.6. The normalized spacial score (nSPS) is 10.7. The third-order valence-corrected chi connectivity index (χ3v) is 4.62. The molecule has 0 saturated carbocycles. The predicted molar refractivity (Wildman–Crippen MR) is 111 cm³/mol. The van der Waals surface area contributed by atoms with E-state index in [1.807, 2.05) is 61.5 Å². The van der Waals surface area contributed by atoms with Crippen LogP contribution in [-0.4, -0.2) is 23.2 Å². The molecule has 1 amide bonds. The first-order valence-corrected chi connectivity index (χ1v) is 9.26. The molecule has 0 radical (unpaired) electrons. The molecule has 0 unspecified atom stereocenters. The summed E-state index contributed by atoms with van der Waals surface area (Å²) in [5, 5.41) is 10.3. The van der Waals surface area contributed by atoms with Gasteiger partial charge in [0, 0.05) is 11.1 Å². The van der Waals surface area contributed by atoms with Crippen molar-refractivity contribution >= 4 is 5.91 Å². The number of furan rings is 1. The molecule has 6 nitrogen and oxygen atoms in total. The average molecular weight is 387 g/mol. The fraction of sp³-hybridized carbons (Fsp3) is 0.130. The monoisotopic (exact) mass is 387 g/mol. The largest absolute Gasteiger partial charge is 0.497 e. The number of aryl methyl sites for hydroxylation is 1. The minimum Gasteiger partial charge on any atom is -0.497 e. The van der Waals surface area contributed by atoms with E-state index in [2.05, 4.69) is 15.5 Å². The van der Waals surface area contributed by atoms with Crippen molar-refractivity contribution in [1.29, 1.82) is 0 Å². The lowest BCUT2D eigenvalue weighted by molar-refractivity contribution is 0.0948. The van der Waals surface area contributed by atoms with Crippen LogP contribution in [0, 0.1) is 6.92 Å². The Kier molecular flexibility index (Phi) is 5.16. The molecule has 0 aliphatic heterocycles. The molecule has 0 atom stereocenters. The molecule has 6 heteroatoms. The van der Waals surface area contributed by atoms with E-state index in [1.54, 1.807) is 19.2 Å². The highest BCUT2D eigenvalue weighted by Gasteiger charge is 2.10. The van der Waals surface area contributed by atoms with Crippen LogP contribution in [0.2, 0.25) is 0 Å². The van der Waals surface area contributed by atoms with Crippen molar-refractivity contribution < 1.29 is 13.9 Å². The third kappa shape index (κ3) is 4.21. The van der Waals surface area contributed by atoms with Gasteiger partial charge in [0.15, 0.2) is 0 Å². The summed E-state index contributed by atoms with van der Waals surface area (Å²) < 4.78 is 10.7. The SMILES string of the molecule is COc1cccc(-c2cc(-c3ccc(C(=O)NCc4ccc(C)o4)cc3)[nH]n2)c1. The smallest absolute Gasteiger partial charge is 0.251 e. The van der Waals surface area contributed by atoms with E-state index in [4.69, 9.17) is 9.15 Å². The molecule has 0 aliphatic carbocycles. The first-order chi connectivity index (χ1) is 14.1. The Hall–Kier alpha value is -3.80. The summed E-state index contributed by atoms with van der Waals surface area (Å²) in [4.78, 5) is 12.3. The number of carbonyl (C=O) groups excluding carboxylic acids is 1. The number of rotatable bonds is 6. The zero-order valence-corrected chi connectivity index (χ0v) is 16.2. The van der Waals surface area contributed by atoms with Crippen molar-refractivity contribution in [3.8, 4) is 28.3 Å². The number of hydrogen-bond donors (Lipinski definition) is 2. The minimum atomic E-state index is -0.146. The van der Waals surface area contributed by atoms with Crippen LogP contribution >= 0.6 is 0 Å². The molecule has 0 bridgehead atoms. The van der Waals surface area contributed by atoms with Gasteiger partial charge in [-0.2, -0.15) is 5.10 Å². The van der Waals surface area contributed by atoms with Crippen molar-refractivity contribution in [2.75, 3.05) is 7.11 Å². The molecule has 0 fully saturated rings. The van der Waals surface area contributed by atoms with Crippen molar-refractivity contribution in [3.05, 3.63) is 83.8 Å². The van der Waals surface area contributed by atoms with E-state index < -0.39 is 0 Å². The molecule has 4 aromatic rings. The van der Waals surface area contributed by atoms with E-state index in [0.717, 1.165) is 39.8 Å². The number of ether oxygens (including phenoxy) is 1. The Balaban J connectivity index is 1.45. The first-order valence-electron chi connectivity index (χ1n) is 9.26. The number of methoxy groups -OCH3 is 1. The van der Waals surface area contributed by atoms with E-state index in [1.165, 1.54) is 0 Å². The van der Waals surface area contributed by atoms with Crippen LogP contribution in [0.3, 0.4) is 0 Å². The number of hydrogen-bond acceptors (Lipinski definition) is 4. The highest BCUT2D eigenvalue weighted by molar-refractivity contribution is 5.94. The highest BCUT2D eigenvalue weighted by atomic mass is 16.5. The second-order valence-corrected chi connectivity index (χ2v) is 6.67. The number of amides is 1. The summed E-state index contributed by atoms with van der Waals surface area (Å²) in [5.74, 6) is 2.20. The zero-order chi connectivity index (χ0) is 20.2. The highest BCUT2D eigenvalue weighted by Crippen LogP contribution is 2.26. The lowest BCUT2D eigenvalue weighted by Gasteiger charge is -2.04. The molecule has 0 saturated heterocycles. The lowest BCUT2D eigenvalue weighted by atomic mass is 10.1. The summed E-state index contributed by atoms with van der Waals surface area (Å²) in [6.45, 7) is 2.23. The van der Waals surface area contributed by atoms with Gasteiger partial charge in [-0.3, -0.25) is 9.89 Å². The quantitative estimate of drug-likeness (QED) is 0.507. The van der Waals surface area contributed by atoms with E-state index in [-0.39, 0.29) is 5.91 Å². The maximum atomic E-state index is 12.3. The number of aromatic amines is 1. The molecule has 4 rings (SSSR count). The Morgan fingerprint density at radius 1 is 1.07 bits per heavy atom. The van der Waals surface area contributed by atoms with Crippen LogP contribution in [0.5, 0.6) is 5.75 Å².